The Labute approximate surface area is 283 Å². The molecule has 0 amide bonds. The molecule has 0 bridgehead atoms. The second-order valence-electron chi connectivity index (χ2n) is 11.8. The molecule has 10 rings (SSSR count). The summed E-state index contributed by atoms with van der Waals surface area (Å²) >= 11 is 0. The molecule has 0 saturated carbocycles. The van der Waals surface area contributed by atoms with E-state index in [1.54, 1.807) is 0 Å². The smallest absolute Gasteiger partial charge is 0.135 e. The zero-order valence-electron chi connectivity index (χ0n) is 33.0. The minimum absolute atomic E-state index is 0.185. The normalized spacial score (nSPS) is 14.2. The lowest BCUT2D eigenvalue weighted by atomic mass is 9.83. The van der Waals surface area contributed by atoms with Crippen molar-refractivity contribution in [2.24, 2.45) is 0 Å². The first-order chi connectivity index (χ1) is 26.6. The molecule has 10 aromatic rings. The van der Waals surface area contributed by atoms with Gasteiger partial charge in [0.05, 0.1) is 11.0 Å². The number of para-hydroxylation sites is 1. The standard InChI is InChI=1S/C46H28O/c1-3-14-33-29(11-1)23-26-36-35(33)19-10-21-38(36)46-41-17-6-4-15-39(41)45(40-16-5-7-18-42(40)46)37-20-9-13-30-27-32(24-25-34(30)37)44-28-31-12-2-8-22-43(31)47-44/h1-28H/i4D,5D,6D,7D,15D,16D,17D,18D. The Morgan fingerprint density at radius 1 is 0.383 bits per heavy atom. The maximum Gasteiger partial charge on any atom is 0.135 e. The Hall–Kier alpha value is -6.18. The third kappa shape index (κ3) is 3.97. The van der Waals surface area contributed by atoms with E-state index >= 15 is 0 Å². The number of hydrogen-bond donors (Lipinski definition) is 0. The second-order valence-corrected chi connectivity index (χ2v) is 11.8. The van der Waals surface area contributed by atoms with Crippen molar-refractivity contribution in [3.8, 4) is 33.6 Å². The zero-order valence-corrected chi connectivity index (χ0v) is 25.0. The van der Waals surface area contributed by atoms with Gasteiger partial charge in [-0.25, -0.2) is 0 Å². The summed E-state index contributed by atoms with van der Waals surface area (Å²) in [6, 6.07) is 36.2. The Balaban J connectivity index is 1.39. The average Bonchev–Trinajstić information content (AvgIpc) is 3.66. The average molecular weight is 605 g/mol. The van der Waals surface area contributed by atoms with Crippen molar-refractivity contribution in [3.05, 3.63) is 170 Å². The van der Waals surface area contributed by atoms with Crippen LogP contribution in [0.1, 0.15) is 11.0 Å². The number of hydrogen-bond acceptors (Lipinski definition) is 1. The van der Waals surface area contributed by atoms with E-state index < -0.39 is 24.2 Å². The first kappa shape index (κ1) is 19.4. The zero-order chi connectivity index (χ0) is 37.9. The molecule has 0 aliphatic heterocycles. The van der Waals surface area contributed by atoms with Crippen LogP contribution in [0.2, 0.25) is 0 Å². The fraction of sp³-hybridized carbons (Fsp3) is 0. The van der Waals surface area contributed by atoms with Gasteiger partial charge in [-0.15, -0.1) is 0 Å². The van der Waals surface area contributed by atoms with Crippen LogP contribution in [0.15, 0.2) is 174 Å². The Morgan fingerprint density at radius 2 is 0.957 bits per heavy atom. The number of rotatable bonds is 3. The molecule has 218 valence electrons. The summed E-state index contributed by atoms with van der Waals surface area (Å²) in [5, 5.41) is 7.02. The Bertz CT molecular complexity index is 3200. The third-order valence-corrected chi connectivity index (χ3v) is 9.29. The van der Waals surface area contributed by atoms with Crippen LogP contribution < -0.4 is 0 Å². The van der Waals surface area contributed by atoms with Crippen molar-refractivity contribution in [2.45, 2.75) is 0 Å². The fourth-order valence-corrected chi connectivity index (χ4v) is 7.20. The first-order valence-electron chi connectivity index (χ1n) is 19.5. The van der Waals surface area contributed by atoms with Crippen LogP contribution in [0.25, 0.3) is 98.4 Å². The SMILES string of the molecule is [2H]c1c([2H])c([2H])c2c(-c3cccc4c3ccc3ccccc34)c3c([2H])c([2H])c([2H])c([2H])c3c(-c3cccc4cc(-c5cc6ccccc6o5)ccc34)c2c1[2H]. The minimum Gasteiger partial charge on any atom is -0.456 e. The van der Waals surface area contributed by atoms with Crippen molar-refractivity contribution in [3.63, 3.8) is 0 Å². The van der Waals surface area contributed by atoms with Gasteiger partial charge in [0.15, 0.2) is 0 Å². The van der Waals surface area contributed by atoms with E-state index in [0.717, 1.165) is 48.9 Å². The minimum atomic E-state index is -0.429. The molecular formula is C46H28O. The van der Waals surface area contributed by atoms with Crippen LogP contribution in [0.4, 0.5) is 0 Å². The molecule has 1 aromatic heterocycles. The summed E-state index contributed by atoms with van der Waals surface area (Å²) < 4.78 is 79.5. The van der Waals surface area contributed by atoms with Crippen molar-refractivity contribution in [2.75, 3.05) is 0 Å². The largest absolute Gasteiger partial charge is 0.456 e. The van der Waals surface area contributed by atoms with Crippen LogP contribution in [-0.2, 0) is 0 Å². The third-order valence-electron chi connectivity index (χ3n) is 9.29. The number of fused-ring (bicyclic) bond motifs is 7. The van der Waals surface area contributed by atoms with Crippen molar-refractivity contribution in [1.29, 1.82) is 0 Å². The highest BCUT2D eigenvalue weighted by atomic mass is 16.3. The molecule has 0 unspecified atom stereocenters. The molecule has 0 saturated heterocycles. The van der Waals surface area contributed by atoms with Crippen LogP contribution in [-0.4, -0.2) is 0 Å². The lowest BCUT2D eigenvalue weighted by molar-refractivity contribution is 0.631. The molecule has 0 radical (unpaired) electrons. The monoisotopic (exact) mass is 604 g/mol. The molecule has 0 atom stereocenters. The fourth-order valence-electron chi connectivity index (χ4n) is 7.20. The molecule has 47 heavy (non-hydrogen) atoms. The second kappa shape index (κ2) is 10.2. The van der Waals surface area contributed by atoms with Crippen LogP contribution in [0, 0.1) is 0 Å². The maximum atomic E-state index is 9.45. The summed E-state index contributed by atoms with van der Waals surface area (Å²) in [6.45, 7) is 0. The summed E-state index contributed by atoms with van der Waals surface area (Å²) in [5.41, 5.74) is 3.45. The molecule has 1 nitrogen and oxygen atoms in total. The molecule has 1 heteroatoms. The summed E-state index contributed by atoms with van der Waals surface area (Å²) in [6.07, 6.45) is 0. The van der Waals surface area contributed by atoms with Gasteiger partial charge in [0.2, 0.25) is 0 Å². The molecular weight excluding hydrogens is 569 g/mol. The van der Waals surface area contributed by atoms with E-state index in [-0.39, 0.29) is 45.7 Å². The van der Waals surface area contributed by atoms with Crippen LogP contribution >= 0.6 is 0 Å². The molecule has 0 fully saturated rings. The van der Waals surface area contributed by atoms with Gasteiger partial charge in [-0.1, -0.05) is 151 Å². The van der Waals surface area contributed by atoms with E-state index in [4.69, 9.17) is 9.90 Å². The lowest BCUT2D eigenvalue weighted by Gasteiger charge is -2.20. The van der Waals surface area contributed by atoms with Gasteiger partial charge in [-0.3, -0.25) is 0 Å². The van der Waals surface area contributed by atoms with E-state index in [9.17, 15) is 5.48 Å². The molecule has 9 aromatic carbocycles. The quantitative estimate of drug-likeness (QED) is 0.144. The highest BCUT2D eigenvalue weighted by molar-refractivity contribution is 6.26. The molecule has 0 N–H and O–H groups in total. The van der Waals surface area contributed by atoms with Crippen molar-refractivity contribution in [1.82, 2.24) is 0 Å². The predicted molar refractivity (Wildman–Crippen MR) is 200 cm³/mol. The van der Waals surface area contributed by atoms with Crippen molar-refractivity contribution < 1.29 is 15.4 Å². The van der Waals surface area contributed by atoms with Crippen molar-refractivity contribution >= 4 is 64.8 Å². The highest BCUT2D eigenvalue weighted by Crippen LogP contribution is 2.47. The van der Waals surface area contributed by atoms with Gasteiger partial charge >= 0.3 is 0 Å². The van der Waals surface area contributed by atoms with E-state index in [1.807, 2.05) is 121 Å². The topological polar surface area (TPSA) is 13.1 Å². The Morgan fingerprint density at radius 3 is 1.68 bits per heavy atom. The predicted octanol–water partition coefficient (Wildman–Crippen LogP) is 13.2. The van der Waals surface area contributed by atoms with Gasteiger partial charge in [-0.2, -0.15) is 0 Å². The molecule has 0 spiro atoms. The maximum absolute atomic E-state index is 9.45. The number of benzene rings is 9. The molecule has 0 aliphatic rings. The first-order valence-corrected chi connectivity index (χ1v) is 15.5. The van der Waals surface area contributed by atoms with E-state index in [0.29, 0.717) is 28.0 Å². The van der Waals surface area contributed by atoms with E-state index in [2.05, 4.69) is 0 Å². The molecule has 1 heterocycles. The Kier molecular flexibility index (Phi) is 4.19. The summed E-state index contributed by atoms with van der Waals surface area (Å²) in [7, 11) is 0. The highest BCUT2D eigenvalue weighted by Gasteiger charge is 2.19. The van der Waals surface area contributed by atoms with Gasteiger partial charge in [0, 0.05) is 10.9 Å². The summed E-state index contributed by atoms with van der Waals surface area (Å²) in [5.74, 6) is 0.694. The van der Waals surface area contributed by atoms with Crippen LogP contribution in [0.5, 0.6) is 0 Å². The van der Waals surface area contributed by atoms with Gasteiger partial charge in [0.1, 0.15) is 11.3 Å². The number of furan rings is 1. The van der Waals surface area contributed by atoms with E-state index in [1.165, 1.54) is 0 Å². The van der Waals surface area contributed by atoms with Gasteiger partial charge < -0.3 is 4.42 Å². The lowest BCUT2D eigenvalue weighted by Crippen LogP contribution is -1.92. The molecule has 0 aliphatic carbocycles. The van der Waals surface area contributed by atoms with Gasteiger partial charge in [0.25, 0.3) is 0 Å². The van der Waals surface area contributed by atoms with Gasteiger partial charge in [-0.05, 0) is 94.3 Å². The summed E-state index contributed by atoms with van der Waals surface area (Å²) in [4.78, 5) is 0. The van der Waals surface area contributed by atoms with Crippen LogP contribution in [0.3, 0.4) is 0 Å².